The summed E-state index contributed by atoms with van der Waals surface area (Å²) in [6.07, 6.45) is 4.16. The molecule has 0 amide bonds. The average molecular weight is 361 g/mol. The molecule has 1 aromatic carbocycles. The fourth-order valence-electron chi connectivity index (χ4n) is 3.26. The Morgan fingerprint density at radius 3 is 2.56 bits per heavy atom. The Bertz CT molecular complexity index is 739. The molecule has 0 spiro atoms. The van der Waals surface area contributed by atoms with E-state index in [0.717, 1.165) is 24.8 Å². The Labute approximate surface area is 152 Å². The summed E-state index contributed by atoms with van der Waals surface area (Å²) in [6, 6.07) is 8.95. The number of ketones is 1. The zero-order valence-corrected chi connectivity index (χ0v) is 14.9. The maximum atomic E-state index is 12.9. The molecular weight excluding hydrogens is 340 g/mol. The smallest absolute Gasteiger partial charge is 0.317 e. The van der Waals surface area contributed by atoms with Crippen molar-refractivity contribution in [1.29, 1.82) is 5.26 Å². The van der Waals surface area contributed by atoms with E-state index in [2.05, 4.69) is 0 Å². The van der Waals surface area contributed by atoms with Crippen LogP contribution in [0.5, 0.6) is 0 Å². The van der Waals surface area contributed by atoms with Crippen LogP contribution in [0.1, 0.15) is 44.6 Å². The van der Waals surface area contributed by atoms with Crippen LogP contribution in [0.25, 0.3) is 0 Å². The number of rotatable bonds is 5. The standard InChI is InChI=1S/C19H21ClN2O3/c1-13(22)16(11-21)17(23)12-25-18(24)19(8-3-2-4-9-19)14-6-5-7-15(20)10-14/h5-7,10H,2-4,8-9,12,22H2,1H3/b16-13+. The molecule has 0 radical (unpaired) electrons. The Hall–Kier alpha value is -2.32. The van der Waals surface area contributed by atoms with Gasteiger partial charge in [-0.15, -0.1) is 0 Å². The number of ether oxygens (including phenoxy) is 1. The molecule has 0 saturated heterocycles. The van der Waals surface area contributed by atoms with E-state index in [1.165, 1.54) is 6.92 Å². The molecule has 0 bridgehead atoms. The lowest BCUT2D eigenvalue weighted by atomic mass is 9.69. The minimum absolute atomic E-state index is 0.116. The highest BCUT2D eigenvalue weighted by Crippen LogP contribution is 2.41. The predicted octanol–water partition coefficient (Wildman–Crippen LogP) is 3.41. The highest BCUT2D eigenvalue weighted by atomic mass is 35.5. The number of esters is 1. The second-order valence-electron chi connectivity index (χ2n) is 6.32. The van der Waals surface area contributed by atoms with E-state index in [1.807, 2.05) is 6.07 Å². The van der Waals surface area contributed by atoms with Crippen molar-refractivity contribution < 1.29 is 14.3 Å². The van der Waals surface area contributed by atoms with Crippen LogP contribution in [0.4, 0.5) is 0 Å². The average Bonchev–Trinajstić information content (AvgIpc) is 2.60. The van der Waals surface area contributed by atoms with Gasteiger partial charge in [-0.25, -0.2) is 0 Å². The lowest BCUT2D eigenvalue weighted by Gasteiger charge is -2.35. The second-order valence-corrected chi connectivity index (χ2v) is 6.76. The summed E-state index contributed by atoms with van der Waals surface area (Å²) in [6.45, 7) is 0.978. The predicted molar refractivity (Wildman–Crippen MR) is 94.7 cm³/mol. The van der Waals surface area contributed by atoms with E-state index in [4.69, 9.17) is 27.3 Å². The van der Waals surface area contributed by atoms with Crippen LogP contribution in [0.2, 0.25) is 5.02 Å². The van der Waals surface area contributed by atoms with Crippen molar-refractivity contribution in [1.82, 2.24) is 0 Å². The van der Waals surface area contributed by atoms with E-state index in [-0.39, 0.29) is 11.3 Å². The first-order valence-electron chi connectivity index (χ1n) is 8.23. The number of allylic oxidation sites excluding steroid dienone is 1. The fourth-order valence-corrected chi connectivity index (χ4v) is 3.45. The lowest BCUT2D eigenvalue weighted by Crippen LogP contribution is -2.40. The number of nitriles is 1. The number of hydrogen-bond acceptors (Lipinski definition) is 5. The van der Waals surface area contributed by atoms with Crippen molar-refractivity contribution in [3.05, 3.63) is 46.1 Å². The highest BCUT2D eigenvalue weighted by molar-refractivity contribution is 6.30. The van der Waals surface area contributed by atoms with Gasteiger partial charge in [-0.3, -0.25) is 9.59 Å². The number of carbonyl (C=O) groups is 2. The fraction of sp³-hybridized carbons (Fsp3) is 0.421. The van der Waals surface area contributed by atoms with Gasteiger partial charge in [0, 0.05) is 10.7 Å². The SMILES string of the molecule is C/C(N)=C(/C#N)C(=O)COC(=O)C1(c2cccc(Cl)c2)CCCCC1. The van der Waals surface area contributed by atoms with Crippen LogP contribution in [0, 0.1) is 11.3 Å². The quantitative estimate of drug-likeness (QED) is 0.493. The van der Waals surface area contributed by atoms with Crippen molar-refractivity contribution in [2.75, 3.05) is 6.61 Å². The zero-order valence-electron chi connectivity index (χ0n) is 14.2. The molecule has 1 aliphatic rings. The molecule has 1 aromatic rings. The van der Waals surface area contributed by atoms with E-state index < -0.39 is 23.8 Å². The van der Waals surface area contributed by atoms with E-state index in [9.17, 15) is 9.59 Å². The summed E-state index contributed by atoms with van der Waals surface area (Å²) in [5.74, 6) is -1.04. The molecule has 2 rings (SSSR count). The van der Waals surface area contributed by atoms with E-state index >= 15 is 0 Å². The van der Waals surface area contributed by atoms with Crippen LogP contribution >= 0.6 is 11.6 Å². The Kier molecular flexibility index (Phi) is 6.22. The molecule has 2 N–H and O–H groups in total. The van der Waals surface area contributed by atoms with E-state index in [0.29, 0.717) is 17.9 Å². The first kappa shape index (κ1) is 19.0. The number of Topliss-reactive ketones (excluding diaryl/α,β-unsaturated/α-hetero) is 1. The number of nitrogens with two attached hydrogens (primary N) is 1. The first-order chi connectivity index (χ1) is 11.9. The number of carbonyl (C=O) groups excluding carboxylic acids is 2. The Balaban J connectivity index is 2.22. The minimum Gasteiger partial charge on any atom is -0.457 e. The number of nitrogens with zero attached hydrogens (tertiary/aromatic N) is 1. The zero-order chi connectivity index (χ0) is 18.4. The second kappa shape index (κ2) is 8.17. The highest BCUT2D eigenvalue weighted by Gasteiger charge is 2.43. The van der Waals surface area contributed by atoms with Crippen LogP contribution in [0.3, 0.4) is 0 Å². The molecule has 1 saturated carbocycles. The monoisotopic (exact) mass is 360 g/mol. The molecule has 0 heterocycles. The van der Waals surface area contributed by atoms with Crippen molar-refractivity contribution in [2.24, 2.45) is 5.73 Å². The molecule has 6 heteroatoms. The lowest BCUT2D eigenvalue weighted by molar-refractivity contribution is -0.154. The van der Waals surface area contributed by atoms with Gasteiger partial charge in [-0.1, -0.05) is 43.0 Å². The molecule has 0 aliphatic heterocycles. The molecule has 1 aliphatic carbocycles. The Morgan fingerprint density at radius 2 is 2.00 bits per heavy atom. The summed E-state index contributed by atoms with van der Waals surface area (Å²) in [4.78, 5) is 24.9. The van der Waals surface area contributed by atoms with Gasteiger partial charge in [-0.2, -0.15) is 5.26 Å². The molecule has 0 aromatic heterocycles. The van der Waals surface area contributed by atoms with Gasteiger partial charge in [0.2, 0.25) is 5.78 Å². The van der Waals surface area contributed by atoms with Gasteiger partial charge in [0.05, 0.1) is 5.41 Å². The maximum absolute atomic E-state index is 12.9. The van der Waals surface area contributed by atoms with Gasteiger partial charge in [-0.05, 0) is 37.5 Å². The third kappa shape index (κ3) is 4.21. The summed E-state index contributed by atoms with van der Waals surface area (Å²) in [5, 5.41) is 9.53. The van der Waals surface area contributed by atoms with Crippen LogP contribution < -0.4 is 5.73 Å². The topological polar surface area (TPSA) is 93.2 Å². The molecule has 132 valence electrons. The number of benzene rings is 1. The largest absolute Gasteiger partial charge is 0.457 e. The Morgan fingerprint density at radius 1 is 1.32 bits per heavy atom. The summed E-state index contributed by atoms with van der Waals surface area (Å²) in [5.41, 5.74) is 5.47. The van der Waals surface area contributed by atoms with Gasteiger partial charge in [0.15, 0.2) is 6.61 Å². The molecule has 1 fully saturated rings. The van der Waals surface area contributed by atoms with Crippen molar-refractivity contribution >= 4 is 23.4 Å². The number of hydrogen-bond donors (Lipinski definition) is 1. The molecule has 0 unspecified atom stereocenters. The first-order valence-corrected chi connectivity index (χ1v) is 8.61. The minimum atomic E-state index is -0.794. The number of halogens is 1. The van der Waals surface area contributed by atoms with Gasteiger partial charge >= 0.3 is 5.97 Å². The maximum Gasteiger partial charge on any atom is 0.317 e. The summed E-state index contributed by atoms with van der Waals surface area (Å²) in [7, 11) is 0. The van der Waals surface area contributed by atoms with Crippen LogP contribution in [-0.2, 0) is 19.7 Å². The third-order valence-corrected chi connectivity index (χ3v) is 4.83. The molecule has 0 atom stereocenters. The van der Waals surface area contributed by atoms with Crippen LogP contribution in [0.15, 0.2) is 35.5 Å². The summed E-state index contributed by atoms with van der Waals surface area (Å²) >= 11 is 6.09. The van der Waals surface area contributed by atoms with E-state index in [1.54, 1.807) is 24.3 Å². The van der Waals surface area contributed by atoms with Crippen molar-refractivity contribution in [3.63, 3.8) is 0 Å². The van der Waals surface area contributed by atoms with Gasteiger partial charge in [0.1, 0.15) is 11.6 Å². The molecular formula is C19H21ClN2O3. The van der Waals surface area contributed by atoms with Crippen LogP contribution in [-0.4, -0.2) is 18.4 Å². The molecule has 5 nitrogen and oxygen atoms in total. The summed E-state index contributed by atoms with van der Waals surface area (Å²) < 4.78 is 5.30. The normalized spacial score (nSPS) is 17.2. The van der Waals surface area contributed by atoms with Gasteiger partial charge in [0.25, 0.3) is 0 Å². The van der Waals surface area contributed by atoms with Crippen molar-refractivity contribution in [3.8, 4) is 6.07 Å². The third-order valence-electron chi connectivity index (χ3n) is 4.59. The molecule has 25 heavy (non-hydrogen) atoms. The van der Waals surface area contributed by atoms with Crippen molar-refractivity contribution in [2.45, 2.75) is 44.4 Å². The van der Waals surface area contributed by atoms with Gasteiger partial charge < -0.3 is 10.5 Å².